The number of nitrogens with zero attached hydrogens (tertiary/aromatic N) is 2. The number of Topliss-reactive ketones (excluding diaryl/α,β-unsaturated/α-hetero) is 1. The molecule has 2 aromatic rings. The first-order valence-electron chi connectivity index (χ1n) is 7.56. The van der Waals surface area contributed by atoms with Crippen LogP contribution in [0.4, 0.5) is 11.4 Å². The maximum absolute atomic E-state index is 12.9. The number of hydrogen-bond donors (Lipinski definition) is 0. The number of benzene rings is 2. The van der Waals surface area contributed by atoms with Gasteiger partial charge in [0.15, 0.2) is 0 Å². The van der Waals surface area contributed by atoms with E-state index in [0.717, 1.165) is 0 Å². The van der Waals surface area contributed by atoms with E-state index in [-0.39, 0.29) is 32.5 Å². The lowest BCUT2D eigenvalue weighted by atomic mass is 9.84. The largest absolute Gasteiger partial charge is 0.298 e. The fraction of sp³-hybridized carbons (Fsp3) is 0.235. The van der Waals surface area contributed by atoms with Gasteiger partial charge in [-0.1, -0.05) is 49.2 Å². The summed E-state index contributed by atoms with van der Waals surface area (Å²) < 4.78 is 0. The minimum absolute atomic E-state index is 0.0747. The van der Waals surface area contributed by atoms with Gasteiger partial charge in [0.2, 0.25) is 0 Å². The summed E-state index contributed by atoms with van der Waals surface area (Å²) in [6, 6.07) is 8.26. The number of halogens is 2. The predicted molar refractivity (Wildman–Crippen MR) is 98.0 cm³/mol. The first-order chi connectivity index (χ1) is 12.2. The van der Waals surface area contributed by atoms with Gasteiger partial charge in [-0.2, -0.15) is 0 Å². The van der Waals surface area contributed by atoms with Crippen molar-refractivity contribution in [2.24, 2.45) is 0 Å². The van der Waals surface area contributed by atoms with E-state index in [1.165, 1.54) is 50.2 Å². The minimum Gasteiger partial charge on any atom is -0.298 e. The van der Waals surface area contributed by atoms with Crippen molar-refractivity contribution in [3.05, 3.63) is 77.8 Å². The van der Waals surface area contributed by atoms with Crippen molar-refractivity contribution in [3.63, 3.8) is 0 Å². The highest BCUT2D eigenvalue weighted by molar-refractivity contribution is 6.32. The van der Waals surface area contributed by atoms with Gasteiger partial charge in [0.05, 0.1) is 31.0 Å². The molecule has 0 amide bonds. The number of hydrogen-bond acceptors (Lipinski definition) is 5. The number of ketones is 1. The Hall–Kier alpha value is -2.51. The van der Waals surface area contributed by atoms with E-state index in [1.807, 2.05) is 0 Å². The summed E-state index contributed by atoms with van der Waals surface area (Å²) in [6.07, 6.45) is 0. The highest BCUT2D eigenvalue weighted by atomic mass is 35.5. The Labute approximate surface area is 158 Å². The Morgan fingerprint density at radius 2 is 1.19 bits per heavy atom. The Morgan fingerprint density at radius 1 is 0.846 bits per heavy atom. The molecule has 2 unspecified atom stereocenters. The van der Waals surface area contributed by atoms with Crippen LogP contribution in [0.2, 0.25) is 10.0 Å². The van der Waals surface area contributed by atoms with Gasteiger partial charge in [-0.25, -0.2) is 0 Å². The van der Waals surface area contributed by atoms with Crippen molar-refractivity contribution < 1.29 is 14.6 Å². The first kappa shape index (κ1) is 19.8. The molecule has 136 valence electrons. The second-order valence-corrected chi connectivity index (χ2v) is 6.52. The van der Waals surface area contributed by atoms with Crippen LogP contribution in [0.15, 0.2) is 36.4 Å². The third-order valence-corrected chi connectivity index (χ3v) is 4.83. The molecule has 0 aliphatic carbocycles. The maximum Gasteiger partial charge on any atom is 0.274 e. The lowest BCUT2D eigenvalue weighted by Crippen LogP contribution is -2.19. The molecule has 0 aliphatic heterocycles. The fourth-order valence-corrected chi connectivity index (χ4v) is 3.55. The highest BCUT2D eigenvalue weighted by Gasteiger charge is 2.33. The van der Waals surface area contributed by atoms with Crippen LogP contribution in [-0.2, 0) is 4.79 Å². The zero-order valence-electron chi connectivity index (χ0n) is 13.8. The third-order valence-electron chi connectivity index (χ3n) is 4.17. The molecule has 26 heavy (non-hydrogen) atoms. The molecule has 0 aromatic heterocycles. The quantitative estimate of drug-likeness (QED) is 0.487. The average Bonchev–Trinajstić information content (AvgIpc) is 2.59. The van der Waals surface area contributed by atoms with E-state index in [2.05, 4.69) is 0 Å². The molecule has 9 heteroatoms. The summed E-state index contributed by atoms with van der Waals surface area (Å²) in [4.78, 5) is 34.2. The molecule has 0 fully saturated rings. The Kier molecular flexibility index (Phi) is 5.94. The summed E-state index contributed by atoms with van der Waals surface area (Å²) in [5.74, 6) is -2.36. The van der Waals surface area contributed by atoms with Crippen molar-refractivity contribution in [1.82, 2.24) is 0 Å². The van der Waals surface area contributed by atoms with E-state index < -0.39 is 27.5 Å². The van der Waals surface area contributed by atoms with Gasteiger partial charge in [-0.05, 0) is 12.1 Å². The predicted octanol–water partition coefficient (Wildman–Crippen LogP) is 5.29. The minimum atomic E-state index is -0.949. The molecule has 2 aromatic carbocycles. The second-order valence-electron chi connectivity index (χ2n) is 5.71. The van der Waals surface area contributed by atoms with Crippen LogP contribution >= 0.6 is 23.2 Å². The first-order valence-corrected chi connectivity index (χ1v) is 8.31. The molecule has 0 radical (unpaired) electrons. The number of nitro groups is 2. The number of carbonyl (C=O) groups is 1. The zero-order valence-corrected chi connectivity index (χ0v) is 15.3. The van der Waals surface area contributed by atoms with Crippen LogP contribution in [-0.4, -0.2) is 15.6 Å². The van der Waals surface area contributed by atoms with Gasteiger partial charge in [0.1, 0.15) is 5.78 Å². The van der Waals surface area contributed by atoms with Crippen LogP contribution in [0.5, 0.6) is 0 Å². The average molecular weight is 397 g/mol. The SMILES string of the molecule is CC(C(=O)C(C)c1c(Cl)cccc1[N+](=O)[O-])c1c(Cl)cccc1[N+](=O)[O-]. The summed E-state index contributed by atoms with van der Waals surface area (Å²) >= 11 is 12.2. The van der Waals surface area contributed by atoms with Gasteiger partial charge >= 0.3 is 0 Å². The van der Waals surface area contributed by atoms with Gasteiger partial charge in [-0.3, -0.25) is 25.0 Å². The third kappa shape index (κ3) is 3.68. The van der Waals surface area contributed by atoms with Crippen molar-refractivity contribution in [2.75, 3.05) is 0 Å². The zero-order chi connectivity index (χ0) is 19.6. The van der Waals surface area contributed by atoms with Crippen LogP contribution in [0, 0.1) is 20.2 Å². The summed E-state index contributed by atoms with van der Waals surface area (Å²) in [7, 11) is 0. The summed E-state index contributed by atoms with van der Waals surface area (Å²) in [5, 5.41) is 22.7. The lowest BCUT2D eigenvalue weighted by molar-refractivity contribution is -0.385. The van der Waals surface area contributed by atoms with Crippen molar-refractivity contribution in [3.8, 4) is 0 Å². The lowest BCUT2D eigenvalue weighted by Gasteiger charge is -2.18. The van der Waals surface area contributed by atoms with Crippen LogP contribution in [0.1, 0.15) is 36.8 Å². The fourth-order valence-electron chi connectivity index (χ4n) is 2.89. The van der Waals surface area contributed by atoms with E-state index >= 15 is 0 Å². The molecule has 7 nitrogen and oxygen atoms in total. The number of carbonyl (C=O) groups excluding carboxylic acids is 1. The number of rotatable bonds is 6. The second kappa shape index (κ2) is 7.80. The van der Waals surface area contributed by atoms with Crippen LogP contribution < -0.4 is 0 Å². The summed E-state index contributed by atoms with van der Waals surface area (Å²) in [6.45, 7) is 2.96. The van der Waals surface area contributed by atoms with Crippen molar-refractivity contribution in [2.45, 2.75) is 25.7 Å². The van der Waals surface area contributed by atoms with Crippen LogP contribution in [0.25, 0.3) is 0 Å². The van der Waals surface area contributed by atoms with E-state index in [4.69, 9.17) is 23.2 Å². The Morgan fingerprint density at radius 3 is 1.50 bits per heavy atom. The van der Waals surface area contributed by atoms with Gasteiger partial charge < -0.3 is 0 Å². The Balaban J connectivity index is 2.51. The van der Waals surface area contributed by atoms with E-state index in [9.17, 15) is 25.0 Å². The molecule has 0 saturated heterocycles. The molecular formula is C17H14Cl2N2O5. The van der Waals surface area contributed by atoms with Gasteiger partial charge in [-0.15, -0.1) is 0 Å². The smallest absolute Gasteiger partial charge is 0.274 e. The van der Waals surface area contributed by atoms with Crippen LogP contribution in [0.3, 0.4) is 0 Å². The standard InChI is InChI=1S/C17H14Cl2N2O5/c1-9(15-11(18)5-3-7-13(15)20(23)24)17(22)10(2)16-12(19)6-4-8-14(16)21(25)26/h3-10H,1-2H3. The van der Waals surface area contributed by atoms with Crippen molar-refractivity contribution in [1.29, 1.82) is 0 Å². The molecular weight excluding hydrogens is 383 g/mol. The Bertz CT molecular complexity index is 829. The summed E-state index contributed by atoms with van der Waals surface area (Å²) in [5.41, 5.74) is -0.408. The maximum atomic E-state index is 12.9. The molecule has 0 bridgehead atoms. The molecule has 2 rings (SSSR count). The van der Waals surface area contributed by atoms with Crippen molar-refractivity contribution >= 4 is 40.4 Å². The molecule has 0 heterocycles. The van der Waals surface area contributed by atoms with Gasteiger partial charge in [0.25, 0.3) is 11.4 Å². The van der Waals surface area contributed by atoms with Gasteiger partial charge in [0, 0.05) is 24.0 Å². The highest BCUT2D eigenvalue weighted by Crippen LogP contribution is 2.39. The molecule has 2 atom stereocenters. The normalized spacial score (nSPS) is 13.1. The molecule has 0 spiro atoms. The molecule has 0 N–H and O–H groups in total. The molecule has 0 aliphatic rings. The monoisotopic (exact) mass is 396 g/mol. The van der Waals surface area contributed by atoms with E-state index in [1.54, 1.807) is 0 Å². The topological polar surface area (TPSA) is 103 Å². The number of nitro benzene ring substituents is 2. The van der Waals surface area contributed by atoms with E-state index in [0.29, 0.717) is 0 Å². The molecule has 0 saturated carbocycles.